The highest BCUT2D eigenvalue weighted by atomic mass is 16.6. The van der Waals surface area contributed by atoms with Crippen molar-refractivity contribution in [3.63, 3.8) is 0 Å². The molecule has 0 aliphatic carbocycles. The normalized spacial score (nSPS) is 11.7. The number of carboxylic acid groups (broad SMARTS) is 1. The number of benzene rings is 6. The quantitative estimate of drug-likeness (QED) is 0.0661. The summed E-state index contributed by atoms with van der Waals surface area (Å²) in [6.45, 7) is 8.02. The van der Waals surface area contributed by atoms with E-state index >= 15 is 0 Å². The van der Waals surface area contributed by atoms with Crippen molar-refractivity contribution in [3.8, 4) is 11.8 Å². The molecule has 3 N–H and O–H groups in total. The molecule has 0 saturated heterocycles. The van der Waals surface area contributed by atoms with Gasteiger partial charge in [0, 0.05) is 35.7 Å². The number of aliphatic imine (C=N–C) groups is 2. The number of aromatic carboxylic acids is 1. The zero-order chi connectivity index (χ0) is 52.0. The van der Waals surface area contributed by atoms with Gasteiger partial charge in [-0.25, -0.2) is 29.2 Å². The molecule has 0 aliphatic rings. The number of hydrogen-bond acceptors (Lipinski definition) is 13. The fourth-order valence-electron chi connectivity index (χ4n) is 7.81. The van der Waals surface area contributed by atoms with E-state index in [2.05, 4.69) is 0 Å². The van der Waals surface area contributed by atoms with Crippen LogP contribution in [0.1, 0.15) is 108 Å². The van der Waals surface area contributed by atoms with Gasteiger partial charge in [-0.15, -0.1) is 0 Å². The molecule has 8 rings (SSSR count). The van der Waals surface area contributed by atoms with Crippen molar-refractivity contribution < 1.29 is 58.3 Å². The number of nitrogens with zero attached hydrogens (tertiary/aromatic N) is 4. The van der Waals surface area contributed by atoms with Gasteiger partial charge in [0.25, 0.3) is 0 Å². The molecular formula is C56H48N4O12. The molecule has 0 fully saturated rings. The van der Waals surface area contributed by atoms with Crippen molar-refractivity contribution in [2.75, 3.05) is 14.2 Å². The van der Waals surface area contributed by atoms with Gasteiger partial charge in [-0.1, -0.05) is 72.8 Å². The minimum absolute atomic E-state index is 0.117. The van der Waals surface area contributed by atoms with Crippen LogP contribution in [0.3, 0.4) is 0 Å². The van der Waals surface area contributed by atoms with Gasteiger partial charge in [0.1, 0.15) is 5.60 Å². The predicted molar refractivity (Wildman–Crippen MR) is 271 cm³/mol. The lowest BCUT2D eigenvalue weighted by Crippen LogP contribution is -2.23. The zero-order valence-corrected chi connectivity index (χ0v) is 40.2. The molecule has 0 atom stereocenters. The van der Waals surface area contributed by atoms with Gasteiger partial charge in [-0.2, -0.15) is 0 Å². The number of carboxylic acids is 1. The van der Waals surface area contributed by atoms with E-state index < -0.39 is 41.3 Å². The third-order valence-corrected chi connectivity index (χ3v) is 11.0. The molecule has 2 aromatic heterocycles. The summed E-state index contributed by atoms with van der Waals surface area (Å²) in [6, 6.07) is 40.3. The second kappa shape index (κ2) is 21.1. The number of carbonyl (C=O) groups is 6. The van der Waals surface area contributed by atoms with Crippen molar-refractivity contribution in [3.05, 3.63) is 190 Å². The van der Waals surface area contributed by atoms with Gasteiger partial charge in [0.15, 0.2) is 0 Å². The van der Waals surface area contributed by atoms with Crippen LogP contribution < -0.4 is 0 Å². The molecule has 0 amide bonds. The average molecular weight is 969 g/mol. The summed E-state index contributed by atoms with van der Waals surface area (Å²) in [6.07, 6.45) is 0. The van der Waals surface area contributed by atoms with Crippen LogP contribution in [0.15, 0.2) is 156 Å². The highest BCUT2D eigenvalue weighted by Gasteiger charge is 2.27. The number of ether oxygens (including phenoxy) is 3. The number of esters is 3. The Morgan fingerprint density at radius 3 is 1.17 bits per heavy atom. The Balaban J connectivity index is 0.000000213. The number of aromatic nitrogens is 2. The van der Waals surface area contributed by atoms with Crippen LogP contribution in [0.25, 0.3) is 21.8 Å². The van der Waals surface area contributed by atoms with Crippen molar-refractivity contribution in [1.82, 2.24) is 9.13 Å². The first-order valence-electron chi connectivity index (χ1n) is 22.2. The maximum absolute atomic E-state index is 12.6. The van der Waals surface area contributed by atoms with Crippen LogP contribution >= 0.6 is 0 Å². The lowest BCUT2D eigenvalue weighted by atomic mass is 10.00. The zero-order valence-electron chi connectivity index (χ0n) is 40.2. The largest absolute Gasteiger partial charge is 0.494 e. The Morgan fingerprint density at radius 1 is 0.472 bits per heavy atom. The van der Waals surface area contributed by atoms with Crippen LogP contribution in [-0.4, -0.2) is 91.4 Å². The summed E-state index contributed by atoms with van der Waals surface area (Å²) in [4.78, 5) is 82.4. The molecule has 72 heavy (non-hydrogen) atoms. The molecule has 0 aliphatic heterocycles. The van der Waals surface area contributed by atoms with Gasteiger partial charge in [0.05, 0.1) is 81.4 Å². The molecule has 16 nitrogen and oxygen atoms in total. The monoisotopic (exact) mass is 968 g/mol. The van der Waals surface area contributed by atoms with E-state index in [1.54, 1.807) is 81.4 Å². The lowest BCUT2D eigenvalue weighted by molar-refractivity contribution is 0.00686. The molecule has 8 aromatic rings. The molecule has 0 unspecified atom stereocenters. The van der Waals surface area contributed by atoms with Gasteiger partial charge in [-0.3, -0.25) is 18.7 Å². The molecule has 6 aromatic carbocycles. The Hall–Kier alpha value is -9.44. The number of fused-ring (bicyclic) bond motifs is 2. The molecule has 0 spiro atoms. The van der Waals surface area contributed by atoms with Crippen LogP contribution in [-0.2, 0) is 14.2 Å². The van der Waals surface area contributed by atoms with E-state index in [4.69, 9.17) is 29.3 Å². The number of hydrogen-bond donors (Lipinski definition) is 3. The van der Waals surface area contributed by atoms with Gasteiger partial charge in [-0.05, 0) is 93.6 Å². The summed E-state index contributed by atoms with van der Waals surface area (Å²) in [5, 5.41) is 32.6. The third kappa shape index (κ3) is 10.7. The van der Waals surface area contributed by atoms with Crippen molar-refractivity contribution in [1.29, 1.82) is 0 Å². The topological polar surface area (TPSA) is 225 Å². The second-order valence-corrected chi connectivity index (χ2v) is 17.1. The maximum Gasteiger partial charge on any atom is 0.338 e. The molecule has 364 valence electrons. The van der Waals surface area contributed by atoms with Gasteiger partial charge in [0.2, 0.25) is 23.6 Å². The molecule has 0 saturated carbocycles. The number of carbonyl (C=O) groups excluding carboxylic acids is 5. The number of methoxy groups -OCH3 is 2. The summed E-state index contributed by atoms with van der Waals surface area (Å²) < 4.78 is 17.3. The van der Waals surface area contributed by atoms with Crippen molar-refractivity contribution in [2.24, 2.45) is 9.98 Å². The van der Waals surface area contributed by atoms with Crippen LogP contribution in [0.2, 0.25) is 0 Å². The number of rotatable bonds is 10. The van der Waals surface area contributed by atoms with E-state index in [-0.39, 0.29) is 28.5 Å². The van der Waals surface area contributed by atoms with E-state index in [1.807, 2.05) is 60.7 Å². The molecule has 2 heterocycles. The van der Waals surface area contributed by atoms with Gasteiger partial charge >= 0.3 is 23.9 Å². The summed E-state index contributed by atoms with van der Waals surface area (Å²) in [7, 11) is 2.53. The standard InChI is InChI=1S/C30H28N2O6.C26H20N2O6/c1-18(33)32-24-17-21(28(35)37-5)13-16-23(24)25(27(32)34)26(19-9-7-6-8-10-19)31-22-14-11-20(12-15-22)29(36)38-30(2,3)4;1-15(29)28-21-14-18(26(33)34-2)10-13-20(21)22(24(28)30)23(16-6-4-3-5-7-16)27-19-11-8-17(9-12-19)25(31)32/h6-17,34H,1-5H3;3-14,30H,1-2H3,(H,31,32). The highest BCUT2D eigenvalue weighted by Crippen LogP contribution is 2.37. The van der Waals surface area contributed by atoms with Crippen LogP contribution in [0.5, 0.6) is 11.8 Å². The van der Waals surface area contributed by atoms with E-state index in [0.717, 1.165) is 9.13 Å². The lowest BCUT2D eigenvalue weighted by Gasteiger charge is -2.19. The Labute approximate surface area is 412 Å². The minimum Gasteiger partial charge on any atom is -0.494 e. The Bertz CT molecular complexity index is 3470. The fourth-order valence-corrected chi connectivity index (χ4v) is 7.81. The van der Waals surface area contributed by atoms with Gasteiger partial charge < -0.3 is 29.5 Å². The van der Waals surface area contributed by atoms with Crippen LogP contribution in [0, 0.1) is 0 Å². The Kier molecular flexibility index (Phi) is 14.7. The summed E-state index contributed by atoms with van der Waals surface area (Å²) >= 11 is 0. The smallest absolute Gasteiger partial charge is 0.338 e. The van der Waals surface area contributed by atoms with Crippen molar-refractivity contribution in [2.45, 2.75) is 40.2 Å². The Morgan fingerprint density at radius 2 is 0.833 bits per heavy atom. The number of aromatic hydroxyl groups is 2. The van der Waals surface area contributed by atoms with Crippen LogP contribution in [0.4, 0.5) is 11.4 Å². The SMILES string of the molecule is COC(=O)c1ccc2c(C(=Nc3ccc(C(=O)O)cc3)c3ccccc3)c(O)n(C(C)=O)c2c1.COC(=O)c1ccc2c(C(=Nc3ccc(C(=O)OC(C)(C)C)cc3)c3ccccc3)c(O)n(C(C)=O)c2c1. The fraction of sp³-hybridized carbons (Fsp3) is 0.143. The highest BCUT2D eigenvalue weighted by molar-refractivity contribution is 6.24. The average Bonchev–Trinajstić information content (AvgIpc) is 3.83. The minimum atomic E-state index is -1.05. The van der Waals surface area contributed by atoms with E-state index in [9.17, 15) is 39.0 Å². The predicted octanol–water partition coefficient (Wildman–Crippen LogP) is 10.6. The molecule has 0 bridgehead atoms. The van der Waals surface area contributed by atoms with E-state index in [1.165, 1.54) is 52.3 Å². The third-order valence-electron chi connectivity index (χ3n) is 11.0. The first-order chi connectivity index (χ1) is 34.3. The maximum atomic E-state index is 12.6. The van der Waals surface area contributed by atoms with E-state index in [0.29, 0.717) is 72.4 Å². The summed E-state index contributed by atoms with van der Waals surface area (Å²) in [5.41, 5.74) is 4.76. The first kappa shape index (κ1) is 50.4. The molecule has 16 heteroatoms. The first-order valence-corrected chi connectivity index (χ1v) is 22.2. The van der Waals surface area contributed by atoms with Crippen molar-refractivity contribution >= 4 is 80.3 Å². The molecule has 0 radical (unpaired) electrons. The molecular weight excluding hydrogens is 921 g/mol. The summed E-state index contributed by atoms with van der Waals surface area (Å²) in [5.74, 6) is -4.15. The second-order valence-electron chi connectivity index (χ2n) is 17.1.